The van der Waals surface area contributed by atoms with E-state index in [1.54, 1.807) is 0 Å². The van der Waals surface area contributed by atoms with Crippen LogP contribution in [0.2, 0.25) is 0 Å². The SMILES string of the molecule is c1ccc(-c2nc3c(c4cc5c(cc4n3-c3ccccc3)c3ccccc3n5-c3cccc(-c4ccccn4)c3)n2-c2ccccc2)cc1. The van der Waals surface area contributed by atoms with Crippen molar-refractivity contribution in [2.45, 2.75) is 0 Å². The normalized spacial score (nSPS) is 11.7. The van der Waals surface area contributed by atoms with Crippen LogP contribution < -0.4 is 0 Å². The lowest BCUT2D eigenvalue weighted by Crippen LogP contribution is -1.98. The molecule has 0 unspecified atom stereocenters. The molecule has 5 heteroatoms. The minimum atomic E-state index is 0.909. The Balaban J connectivity index is 1.36. The second-order valence-corrected chi connectivity index (χ2v) is 12.3. The molecular weight excluding hydrogens is 599 g/mol. The third kappa shape index (κ3) is 4.26. The molecule has 0 N–H and O–H groups in total. The molecule has 49 heavy (non-hydrogen) atoms. The Hall–Kier alpha value is -6.72. The molecule has 0 aliphatic rings. The minimum absolute atomic E-state index is 0.909. The van der Waals surface area contributed by atoms with Crippen LogP contribution in [0.4, 0.5) is 0 Å². The summed E-state index contributed by atoms with van der Waals surface area (Å²) in [5.41, 5.74) is 11.7. The molecule has 10 rings (SSSR count). The Labute approximate surface area is 282 Å². The van der Waals surface area contributed by atoms with E-state index < -0.39 is 0 Å². The number of benzene rings is 6. The summed E-state index contributed by atoms with van der Waals surface area (Å²) in [6.07, 6.45) is 1.85. The van der Waals surface area contributed by atoms with Crippen molar-refractivity contribution < 1.29 is 0 Å². The number of hydrogen-bond donors (Lipinski definition) is 0. The van der Waals surface area contributed by atoms with Gasteiger partial charge in [0.15, 0.2) is 5.65 Å². The lowest BCUT2D eigenvalue weighted by molar-refractivity contribution is 1.10. The number of nitrogens with zero attached hydrogens (tertiary/aromatic N) is 5. The number of pyridine rings is 1. The second kappa shape index (κ2) is 10.9. The zero-order valence-electron chi connectivity index (χ0n) is 26.5. The maximum absolute atomic E-state index is 5.45. The predicted molar refractivity (Wildman–Crippen MR) is 201 cm³/mol. The first kappa shape index (κ1) is 27.4. The van der Waals surface area contributed by atoms with Gasteiger partial charge in [-0.3, -0.25) is 14.1 Å². The quantitative estimate of drug-likeness (QED) is 0.190. The summed E-state index contributed by atoms with van der Waals surface area (Å²) in [6.45, 7) is 0. The highest BCUT2D eigenvalue weighted by molar-refractivity contribution is 6.18. The van der Waals surface area contributed by atoms with Crippen molar-refractivity contribution in [2.24, 2.45) is 0 Å². The van der Waals surface area contributed by atoms with Crippen LogP contribution in [-0.4, -0.2) is 23.7 Å². The lowest BCUT2D eigenvalue weighted by atomic mass is 10.1. The van der Waals surface area contributed by atoms with Crippen molar-refractivity contribution in [2.75, 3.05) is 0 Å². The van der Waals surface area contributed by atoms with Gasteiger partial charge in [0.05, 0.1) is 22.2 Å². The van der Waals surface area contributed by atoms with Gasteiger partial charge in [0, 0.05) is 50.5 Å². The number of rotatable bonds is 5. The third-order valence-corrected chi connectivity index (χ3v) is 9.48. The van der Waals surface area contributed by atoms with Crippen molar-refractivity contribution in [3.63, 3.8) is 0 Å². The standard InChI is InChI=1S/C44H29N5/c1-4-15-30(16-5-1)43-46-44-42(49(43)33-20-8-3-9-21-33)37-29-40-36(28-41(37)48(44)32-18-6-2-7-19-32)35-23-10-11-25-39(35)47(40)34-22-14-17-31(27-34)38-24-12-13-26-45-38/h1-29H. The molecule has 5 nitrogen and oxygen atoms in total. The first-order chi connectivity index (χ1) is 24.3. The van der Waals surface area contributed by atoms with Crippen LogP contribution in [0.15, 0.2) is 176 Å². The van der Waals surface area contributed by atoms with Crippen molar-refractivity contribution >= 4 is 43.9 Å². The Bertz CT molecular complexity index is 2790. The van der Waals surface area contributed by atoms with Crippen LogP contribution in [0.3, 0.4) is 0 Å². The minimum Gasteiger partial charge on any atom is -0.309 e. The largest absolute Gasteiger partial charge is 0.309 e. The zero-order chi connectivity index (χ0) is 32.3. The van der Waals surface area contributed by atoms with E-state index in [0.717, 1.165) is 72.8 Å². The van der Waals surface area contributed by atoms with Crippen LogP contribution in [-0.2, 0) is 0 Å². The smallest absolute Gasteiger partial charge is 0.165 e. The molecule has 0 aliphatic carbocycles. The zero-order valence-corrected chi connectivity index (χ0v) is 26.5. The summed E-state index contributed by atoms with van der Waals surface area (Å²) in [4.78, 5) is 10.1. The molecule has 4 aromatic heterocycles. The van der Waals surface area contributed by atoms with Crippen LogP contribution >= 0.6 is 0 Å². The van der Waals surface area contributed by atoms with Gasteiger partial charge >= 0.3 is 0 Å². The summed E-state index contributed by atoms with van der Waals surface area (Å²) in [7, 11) is 0. The molecular formula is C44H29N5. The summed E-state index contributed by atoms with van der Waals surface area (Å²) in [6, 6.07) is 59.8. The monoisotopic (exact) mass is 627 g/mol. The molecule has 0 saturated heterocycles. The summed E-state index contributed by atoms with van der Waals surface area (Å²) in [5, 5.41) is 3.53. The van der Waals surface area contributed by atoms with Gasteiger partial charge in [0.2, 0.25) is 0 Å². The van der Waals surface area contributed by atoms with E-state index in [-0.39, 0.29) is 0 Å². The summed E-state index contributed by atoms with van der Waals surface area (Å²) < 4.78 is 7.04. The Morgan fingerprint density at radius 3 is 1.76 bits per heavy atom. The fraction of sp³-hybridized carbons (Fsp3) is 0. The van der Waals surface area contributed by atoms with Gasteiger partial charge in [-0.05, 0) is 66.7 Å². The molecule has 4 heterocycles. The number of aromatic nitrogens is 5. The van der Waals surface area contributed by atoms with Gasteiger partial charge in [-0.25, -0.2) is 4.98 Å². The number of para-hydroxylation sites is 3. The van der Waals surface area contributed by atoms with Gasteiger partial charge in [-0.1, -0.05) is 103 Å². The number of imidazole rings is 1. The summed E-state index contributed by atoms with van der Waals surface area (Å²) >= 11 is 0. The molecule has 0 fully saturated rings. The van der Waals surface area contributed by atoms with E-state index >= 15 is 0 Å². The van der Waals surface area contributed by atoms with Crippen LogP contribution in [0.25, 0.3) is 83.6 Å². The molecule has 0 bridgehead atoms. The molecule has 0 saturated carbocycles. The van der Waals surface area contributed by atoms with E-state index in [0.29, 0.717) is 0 Å². The molecule has 230 valence electrons. The van der Waals surface area contributed by atoms with Crippen LogP contribution in [0, 0.1) is 0 Å². The predicted octanol–water partition coefficient (Wildman–Crippen LogP) is 10.8. The van der Waals surface area contributed by atoms with E-state index in [4.69, 9.17) is 4.98 Å². The van der Waals surface area contributed by atoms with Gasteiger partial charge in [-0.15, -0.1) is 0 Å². The first-order valence-electron chi connectivity index (χ1n) is 16.5. The Kier molecular flexibility index (Phi) is 6.11. The lowest BCUT2D eigenvalue weighted by Gasteiger charge is -2.12. The molecule has 0 atom stereocenters. The van der Waals surface area contributed by atoms with Crippen LogP contribution in [0.5, 0.6) is 0 Å². The van der Waals surface area contributed by atoms with E-state index in [2.05, 4.69) is 176 Å². The fourth-order valence-electron chi connectivity index (χ4n) is 7.36. The van der Waals surface area contributed by atoms with E-state index in [1.807, 2.05) is 18.3 Å². The fourth-order valence-corrected chi connectivity index (χ4v) is 7.36. The van der Waals surface area contributed by atoms with Gasteiger partial charge in [0.1, 0.15) is 11.3 Å². The molecule has 6 aromatic carbocycles. The second-order valence-electron chi connectivity index (χ2n) is 12.3. The van der Waals surface area contributed by atoms with Crippen molar-refractivity contribution in [1.82, 2.24) is 23.7 Å². The Morgan fingerprint density at radius 1 is 0.388 bits per heavy atom. The van der Waals surface area contributed by atoms with E-state index in [9.17, 15) is 0 Å². The van der Waals surface area contributed by atoms with Crippen molar-refractivity contribution in [3.8, 4) is 39.7 Å². The molecule has 0 spiro atoms. The number of fused-ring (bicyclic) bond motifs is 6. The highest BCUT2D eigenvalue weighted by atomic mass is 15.2. The number of hydrogen-bond acceptors (Lipinski definition) is 2. The highest BCUT2D eigenvalue weighted by Crippen LogP contribution is 2.42. The molecule has 0 radical (unpaired) electrons. The first-order valence-corrected chi connectivity index (χ1v) is 16.5. The molecule has 0 aliphatic heterocycles. The van der Waals surface area contributed by atoms with E-state index in [1.165, 1.54) is 10.8 Å². The van der Waals surface area contributed by atoms with Crippen LogP contribution in [0.1, 0.15) is 0 Å². The third-order valence-electron chi connectivity index (χ3n) is 9.48. The molecule has 0 amide bonds. The van der Waals surface area contributed by atoms with Gasteiger partial charge in [-0.2, -0.15) is 0 Å². The maximum atomic E-state index is 5.45. The Morgan fingerprint density at radius 2 is 1.00 bits per heavy atom. The highest BCUT2D eigenvalue weighted by Gasteiger charge is 2.25. The van der Waals surface area contributed by atoms with Gasteiger partial charge < -0.3 is 4.57 Å². The maximum Gasteiger partial charge on any atom is 0.165 e. The molecule has 10 aromatic rings. The average molecular weight is 628 g/mol. The topological polar surface area (TPSA) is 40.6 Å². The van der Waals surface area contributed by atoms with Crippen molar-refractivity contribution in [1.29, 1.82) is 0 Å². The van der Waals surface area contributed by atoms with Crippen molar-refractivity contribution in [3.05, 3.63) is 176 Å². The summed E-state index contributed by atoms with van der Waals surface area (Å²) in [5.74, 6) is 0.909. The van der Waals surface area contributed by atoms with Gasteiger partial charge in [0.25, 0.3) is 0 Å². The average Bonchev–Trinajstić information content (AvgIpc) is 3.82.